The molecule has 2 atom stereocenters. The third-order valence-electron chi connectivity index (χ3n) is 4.09. The summed E-state index contributed by atoms with van der Waals surface area (Å²) >= 11 is 0. The number of hydrogen-bond donors (Lipinski definition) is 0. The van der Waals surface area contributed by atoms with Crippen LogP contribution >= 0.6 is 0 Å². The number of rotatable bonds is 6. The smallest absolute Gasteiger partial charge is 0.118 e. The van der Waals surface area contributed by atoms with Gasteiger partial charge in [-0.1, -0.05) is 19.1 Å². The summed E-state index contributed by atoms with van der Waals surface area (Å²) in [5.41, 5.74) is 1.37. The highest BCUT2D eigenvalue weighted by Gasteiger charge is 2.27. The van der Waals surface area contributed by atoms with Gasteiger partial charge in [-0.05, 0) is 37.7 Å². The quantitative estimate of drug-likeness (QED) is 0.803. The second kappa shape index (κ2) is 7.78. The molecule has 0 radical (unpaired) electrons. The van der Waals surface area contributed by atoms with Crippen LogP contribution in [0.25, 0.3) is 0 Å². The minimum Gasteiger partial charge on any atom is -0.497 e. The first-order chi connectivity index (χ1) is 10.1. The number of methoxy groups -OCH3 is 1. The standard InChI is InChI=1S/C17H28N2O2/c1-14(13-18(2)3)17(19-9-11-21-12-10-19)15-5-7-16(20-4)8-6-15/h5-8,14,17H,9-13H2,1-4H3. The topological polar surface area (TPSA) is 24.9 Å². The van der Waals surface area contributed by atoms with Crippen LogP contribution in [0.3, 0.4) is 0 Å². The molecule has 118 valence electrons. The molecule has 0 aromatic heterocycles. The average molecular weight is 292 g/mol. The van der Waals surface area contributed by atoms with Crippen molar-refractivity contribution in [2.45, 2.75) is 13.0 Å². The van der Waals surface area contributed by atoms with E-state index in [2.05, 4.69) is 55.1 Å². The number of morpholine rings is 1. The number of nitrogens with zero attached hydrogens (tertiary/aromatic N) is 2. The maximum absolute atomic E-state index is 5.51. The molecule has 1 aliphatic rings. The Labute approximate surface area is 128 Å². The van der Waals surface area contributed by atoms with Crippen LogP contribution in [-0.4, -0.2) is 63.9 Å². The van der Waals surface area contributed by atoms with Crippen molar-refractivity contribution >= 4 is 0 Å². The molecule has 1 fully saturated rings. The highest BCUT2D eigenvalue weighted by Crippen LogP contribution is 2.31. The summed E-state index contributed by atoms with van der Waals surface area (Å²) < 4.78 is 10.8. The molecule has 4 nitrogen and oxygen atoms in total. The number of benzene rings is 1. The normalized spacial score (nSPS) is 19.5. The van der Waals surface area contributed by atoms with E-state index in [0.717, 1.165) is 38.6 Å². The lowest BCUT2D eigenvalue weighted by Crippen LogP contribution is -2.43. The van der Waals surface area contributed by atoms with Crippen LogP contribution in [0.15, 0.2) is 24.3 Å². The van der Waals surface area contributed by atoms with E-state index in [9.17, 15) is 0 Å². The van der Waals surface area contributed by atoms with Crippen molar-refractivity contribution in [3.05, 3.63) is 29.8 Å². The van der Waals surface area contributed by atoms with Gasteiger partial charge in [0, 0.05) is 25.7 Å². The predicted octanol–water partition coefficient (Wildman–Crippen LogP) is 2.27. The summed E-state index contributed by atoms with van der Waals surface area (Å²) in [5, 5.41) is 0. The van der Waals surface area contributed by atoms with E-state index < -0.39 is 0 Å². The van der Waals surface area contributed by atoms with Crippen LogP contribution < -0.4 is 4.74 Å². The van der Waals surface area contributed by atoms with E-state index in [0.29, 0.717) is 12.0 Å². The first kappa shape index (κ1) is 16.3. The molecular formula is C17H28N2O2. The molecule has 1 aromatic rings. The van der Waals surface area contributed by atoms with Gasteiger partial charge in [0.2, 0.25) is 0 Å². The first-order valence-corrected chi connectivity index (χ1v) is 7.72. The van der Waals surface area contributed by atoms with Gasteiger partial charge in [0.15, 0.2) is 0 Å². The Hall–Kier alpha value is -1.10. The Kier molecular flexibility index (Phi) is 6.03. The molecule has 1 saturated heterocycles. The number of hydrogen-bond acceptors (Lipinski definition) is 4. The fourth-order valence-corrected chi connectivity index (χ4v) is 3.23. The summed E-state index contributed by atoms with van der Waals surface area (Å²) in [5.74, 6) is 1.48. The van der Waals surface area contributed by atoms with Crippen molar-refractivity contribution in [3.63, 3.8) is 0 Å². The molecule has 4 heteroatoms. The molecule has 0 aliphatic carbocycles. The molecule has 0 N–H and O–H groups in total. The Balaban J connectivity index is 2.20. The van der Waals surface area contributed by atoms with E-state index in [4.69, 9.17) is 9.47 Å². The van der Waals surface area contributed by atoms with Crippen LogP contribution in [0.2, 0.25) is 0 Å². The van der Waals surface area contributed by atoms with Crippen molar-refractivity contribution in [3.8, 4) is 5.75 Å². The SMILES string of the molecule is COc1ccc(C(C(C)CN(C)C)N2CCOCC2)cc1. The van der Waals surface area contributed by atoms with Gasteiger partial charge in [0.25, 0.3) is 0 Å². The Morgan fingerprint density at radius 3 is 2.33 bits per heavy atom. The highest BCUT2D eigenvalue weighted by atomic mass is 16.5. The molecule has 0 amide bonds. The molecule has 1 aromatic carbocycles. The van der Waals surface area contributed by atoms with Crippen LogP contribution in [0.5, 0.6) is 5.75 Å². The van der Waals surface area contributed by atoms with Crippen molar-refractivity contribution < 1.29 is 9.47 Å². The minimum atomic E-state index is 0.433. The van der Waals surface area contributed by atoms with E-state index in [1.165, 1.54) is 5.56 Å². The second-order valence-corrected chi connectivity index (χ2v) is 6.11. The third kappa shape index (κ3) is 4.43. The summed E-state index contributed by atoms with van der Waals surface area (Å²) in [6.45, 7) is 7.10. The summed E-state index contributed by atoms with van der Waals surface area (Å²) in [6.07, 6.45) is 0. The fourth-order valence-electron chi connectivity index (χ4n) is 3.23. The second-order valence-electron chi connectivity index (χ2n) is 6.11. The van der Waals surface area contributed by atoms with Gasteiger partial charge in [-0.3, -0.25) is 4.90 Å². The van der Waals surface area contributed by atoms with Crippen LogP contribution in [0, 0.1) is 5.92 Å². The van der Waals surface area contributed by atoms with E-state index >= 15 is 0 Å². The van der Waals surface area contributed by atoms with Crippen molar-refractivity contribution in [1.29, 1.82) is 0 Å². The monoisotopic (exact) mass is 292 g/mol. The summed E-state index contributed by atoms with van der Waals surface area (Å²) in [4.78, 5) is 4.82. The molecule has 2 unspecified atom stereocenters. The Morgan fingerprint density at radius 2 is 1.81 bits per heavy atom. The minimum absolute atomic E-state index is 0.433. The van der Waals surface area contributed by atoms with Crippen LogP contribution in [0.4, 0.5) is 0 Å². The van der Waals surface area contributed by atoms with Crippen LogP contribution in [0.1, 0.15) is 18.5 Å². The molecule has 0 saturated carbocycles. The fraction of sp³-hybridized carbons (Fsp3) is 0.647. The molecule has 1 aliphatic heterocycles. The highest BCUT2D eigenvalue weighted by molar-refractivity contribution is 5.29. The maximum atomic E-state index is 5.51. The third-order valence-corrected chi connectivity index (χ3v) is 4.09. The lowest BCUT2D eigenvalue weighted by molar-refractivity contribution is 0.00107. The maximum Gasteiger partial charge on any atom is 0.118 e. The zero-order chi connectivity index (χ0) is 15.2. The van der Waals surface area contributed by atoms with Gasteiger partial charge >= 0.3 is 0 Å². The van der Waals surface area contributed by atoms with Gasteiger partial charge in [-0.25, -0.2) is 0 Å². The van der Waals surface area contributed by atoms with E-state index in [1.807, 2.05) is 0 Å². The van der Waals surface area contributed by atoms with Gasteiger partial charge in [-0.2, -0.15) is 0 Å². The van der Waals surface area contributed by atoms with Gasteiger partial charge in [0.1, 0.15) is 5.75 Å². The number of ether oxygens (including phenoxy) is 2. The summed E-state index contributed by atoms with van der Waals surface area (Å²) in [7, 11) is 5.99. The lowest BCUT2D eigenvalue weighted by Gasteiger charge is -2.39. The molecule has 0 bridgehead atoms. The van der Waals surface area contributed by atoms with Crippen LogP contribution in [-0.2, 0) is 4.74 Å². The van der Waals surface area contributed by atoms with Gasteiger partial charge in [-0.15, -0.1) is 0 Å². The zero-order valence-corrected chi connectivity index (χ0v) is 13.7. The van der Waals surface area contributed by atoms with Crippen molar-refractivity contribution in [2.24, 2.45) is 5.92 Å². The Morgan fingerprint density at radius 1 is 1.19 bits per heavy atom. The van der Waals surface area contributed by atoms with Gasteiger partial charge < -0.3 is 14.4 Å². The van der Waals surface area contributed by atoms with Gasteiger partial charge in [0.05, 0.1) is 20.3 Å². The average Bonchev–Trinajstić information content (AvgIpc) is 2.48. The van der Waals surface area contributed by atoms with Crippen molar-refractivity contribution in [2.75, 3.05) is 54.1 Å². The largest absolute Gasteiger partial charge is 0.497 e. The Bertz CT molecular complexity index is 413. The molecular weight excluding hydrogens is 264 g/mol. The van der Waals surface area contributed by atoms with Crippen molar-refractivity contribution in [1.82, 2.24) is 9.80 Å². The predicted molar refractivity (Wildman–Crippen MR) is 85.8 cm³/mol. The summed E-state index contributed by atoms with van der Waals surface area (Å²) in [6, 6.07) is 8.95. The molecule has 0 spiro atoms. The molecule has 2 rings (SSSR count). The zero-order valence-electron chi connectivity index (χ0n) is 13.7. The molecule has 1 heterocycles. The first-order valence-electron chi connectivity index (χ1n) is 7.72. The lowest BCUT2D eigenvalue weighted by atomic mass is 9.92. The van der Waals surface area contributed by atoms with E-state index in [1.54, 1.807) is 7.11 Å². The molecule has 21 heavy (non-hydrogen) atoms. The van der Waals surface area contributed by atoms with E-state index in [-0.39, 0.29) is 0 Å².